The summed E-state index contributed by atoms with van der Waals surface area (Å²) < 4.78 is 22.0. The Labute approximate surface area is 207 Å². The zero-order valence-electron chi connectivity index (χ0n) is 20.0. The quantitative estimate of drug-likeness (QED) is 0.314. The van der Waals surface area contributed by atoms with E-state index in [4.69, 9.17) is 30.3 Å². The van der Waals surface area contributed by atoms with Gasteiger partial charge in [-0.25, -0.2) is 4.79 Å². The van der Waals surface area contributed by atoms with E-state index in [1.54, 1.807) is 69.8 Å². The van der Waals surface area contributed by atoms with Gasteiger partial charge in [-0.1, -0.05) is 16.8 Å². The molecule has 2 aromatic carbocycles. The monoisotopic (exact) mass is 496 g/mol. The van der Waals surface area contributed by atoms with Crippen LogP contribution in [0.1, 0.15) is 19.6 Å². The Hall–Kier alpha value is -3.98. The number of hydrogen-bond acceptors (Lipinski definition) is 7. The van der Waals surface area contributed by atoms with E-state index >= 15 is 0 Å². The lowest BCUT2D eigenvalue weighted by Gasteiger charge is -2.24. The summed E-state index contributed by atoms with van der Waals surface area (Å²) in [5.74, 6) is 3.22. The van der Waals surface area contributed by atoms with Gasteiger partial charge in [-0.05, 0) is 45.0 Å². The molecule has 2 heterocycles. The number of carbonyl (C=O) groups excluding carboxylic acids is 1. The molecule has 4 rings (SSSR count). The fraction of sp³-hybridized carbons (Fsp3) is 0.240. The molecule has 0 spiro atoms. The number of pyridine rings is 1. The number of benzene rings is 2. The van der Waals surface area contributed by atoms with Gasteiger partial charge < -0.3 is 24.1 Å². The van der Waals surface area contributed by atoms with Crippen LogP contribution in [0.5, 0.6) is 23.0 Å². The number of rotatable bonds is 7. The van der Waals surface area contributed by atoms with E-state index in [0.29, 0.717) is 50.8 Å². The number of fused-ring (bicyclic) bond motifs is 1. The van der Waals surface area contributed by atoms with Crippen molar-refractivity contribution in [2.75, 3.05) is 24.4 Å². The number of halogens is 1. The summed E-state index contributed by atoms with van der Waals surface area (Å²) in [5.41, 5.74) is 1.12. The molecule has 0 fully saturated rings. The fourth-order valence-electron chi connectivity index (χ4n) is 3.57. The number of anilines is 2. The number of aryl methyl sites for hydroxylation is 1. The second-order valence-corrected chi connectivity index (χ2v) is 8.37. The van der Waals surface area contributed by atoms with Gasteiger partial charge in [0.05, 0.1) is 30.4 Å². The third-order valence-corrected chi connectivity index (χ3v) is 5.53. The average Bonchev–Trinajstić information content (AvgIpc) is 3.25. The SMILES string of the molecule is COc1cc2nccc(Oc3ccc(NC(=O)N(c4cc(C)on4)C(C)C)c(Cl)c3)c2cc1OC. The van der Waals surface area contributed by atoms with Gasteiger partial charge in [0.25, 0.3) is 0 Å². The number of hydrogen-bond donors (Lipinski definition) is 1. The van der Waals surface area contributed by atoms with E-state index in [9.17, 15) is 4.79 Å². The van der Waals surface area contributed by atoms with Gasteiger partial charge in [0.15, 0.2) is 17.3 Å². The van der Waals surface area contributed by atoms with Gasteiger partial charge >= 0.3 is 6.03 Å². The highest BCUT2D eigenvalue weighted by Crippen LogP contribution is 2.38. The zero-order chi connectivity index (χ0) is 25.1. The van der Waals surface area contributed by atoms with Gasteiger partial charge in [0, 0.05) is 35.8 Å². The van der Waals surface area contributed by atoms with Crippen LogP contribution >= 0.6 is 11.6 Å². The molecule has 1 N–H and O–H groups in total. The van der Waals surface area contributed by atoms with Crippen molar-refractivity contribution < 1.29 is 23.5 Å². The molecule has 2 amide bonds. The molecule has 35 heavy (non-hydrogen) atoms. The van der Waals surface area contributed by atoms with Crippen LogP contribution < -0.4 is 24.4 Å². The molecule has 182 valence electrons. The number of amides is 2. The Morgan fingerprint density at radius 3 is 2.43 bits per heavy atom. The maximum absolute atomic E-state index is 13.0. The molecule has 0 aliphatic heterocycles. The first-order chi connectivity index (χ1) is 16.8. The lowest BCUT2D eigenvalue weighted by molar-refractivity contribution is 0.255. The summed E-state index contributed by atoms with van der Waals surface area (Å²) in [6.45, 7) is 5.53. The minimum absolute atomic E-state index is 0.156. The Kier molecular flexibility index (Phi) is 6.97. The first kappa shape index (κ1) is 24.2. The van der Waals surface area contributed by atoms with Gasteiger partial charge in [-0.3, -0.25) is 9.88 Å². The van der Waals surface area contributed by atoms with Crippen LogP contribution in [0.3, 0.4) is 0 Å². The smallest absolute Gasteiger partial charge is 0.327 e. The van der Waals surface area contributed by atoms with Crippen LogP contribution in [0.25, 0.3) is 10.9 Å². The lowest BCUT2D eigenvalue weighted by Crippen LogP contribution is -2.40. The van der Waals surface area contributed by atoms with Gasteiger partial charge in [0.2, 0.25) is 0 Å². The molecule has 0 radical (unpaired) electrons. The standard InChI is InChI=1S/C25H25ClN4O5/c1-14(2)30(24-10-15(3)35-29-24)25(31)28-19-7-6-16(11-18(19)26)34-21-8-9-27-20-13-23(33-5)22(32-4)12-17(20)21/h6-14H,1-5H3,(H,28,31). The molecule has 0 saturated heterocycles. The summed E-state index contributed by atoms with van der Waals surface area (Å²) in [6.07, 6.45) is 1.64. The normalized spacial score (nSPS) is 10.9. The van der Waals surface area contributed by atoms with Crippen molar-refractivity contribution >= 4 is 40.0 Å². The molecule has 0 aliphatic carbocycles. The molecular weight excluding hydrogens is 472 g/mol. The number of nitrogens with zero attached hydrogens (tertiary/aromatic N) is 3. The summed E-state index contributed by atoms with van der Waals surface area (Å²) in [7, 11) is 3.14. The highest BCUT2D eigenvalue weighted by molar-refractivity contribution is 6.34. The van der Waals surface area contributed by atoms with Crippen molar-refractivity contribution in [1.29, 1.82) is 0 Å². The highest BCUT2D eigenvalue weighted by atomic mass is 35.5. The Balaban J connectivity index is 1.57. The highest BCUT2D eigenvalue weighted by Gasteiger charge is 2.23. The predicted molar refractivity (Wildman–Crippen MR) is 134 cm³/mol. The predicted octanol–water partition coefficient (Wildman–Crippen LogP) is 6.44. The molecule has 2 aromatic heterocycles. The number of carbonyl (C=O) groups is 1. The second kappa shape index (κ2) is 10.1. The van der Waals surface area contributed by atoms with E-state index in [1.807, 2.05) is 13.8 Å². The van der Waals surface area contributed by atoms with Crippen LogP contribution in [0.4, 0.5) is 16.3 Å². The Bertz CT molecular complexity index is 1370. The third kappa shape index (κ3) is 5.09. The minimum Gasteiger partial charge on any atom is -0.493 e. The van der Waals surface area contributed by atoms with Crippen molar-refractivity contribution in [2.45, 2.75) is 26.8 Å². The van der Waals surface area contributed by atoms with Crippen LogP contribution in [0.2, 0.25) is 5.02 Å². The van der Waals surface area contributed by atoms with E-state index in [0.717, 1.165) is 5.39 Å². The summed E-state index contributed by atoms with van der Waals surface area (Å²) in [6, 6.07) is 11.5. The number of ether oxygens (including phenoxy) is 3. The van der Waals surface area contributed by atoms with E-state index in [1.165, 1.54) is 4.90 Å². The first-order valence-electron chi connectivity index (χ1n) is 10.8. The molecule has 0 saturated carbocycles. The van der Waals surface area contributed by atoms with Crippen LogP contribution in [0.15, 0.2) is 53.2 Å². The van der Waals surface area contributed by atoms with E-state index in [-0.39, 0.29) is 12.1 Å². The molecule has 0 bridgehead atoms. The van der Waals surface area contributed by atoms with Crippen molar-refractivity contribution in [3.63, 3.8) is 0 Å². The summed E-state index contributed by atoms with van der Waals surface area (Å²) >= 11 is 6.48. The van der Waals surface area contributed by atoms with Crippen LogP contribution in [-0.2, 0) is 0 Å². The molecule has 0 unspecified atom stereocenters. The fourth-order valence-corrected chi connectivity index (χ4v) is 3.79. The molecule has 9 nitrogen and oxygen atoms in total. The largest absolute Gasteiger partial charge is 0.493 e. The van der Waals surface area contributed by atoms with Crippen molar-refractivity contribution in [3.8, 4) is 23.0 Å². The average molecular weight is 497 g/mol. The van der Waals surface area contributed by atoms with Gasteiger partial charge in [0.1, 0.15) is 17.3 Å². The van der Waals surface area contributed by atoms with Crippen molar-refractivity contribution in [2.24, 2.45) is 0 Å². The van der Waals surface area contributed by atoms with Crippen molar-refractivity contribution in [1.82, 2.24) is 10.1 Å². The first-order valence-corrected chi connectivity index (χ1v) is 11.2. The maximum atomic E-state index is 13.0. The minimum atomic E-state index is -0.384. The molecular formula is C25H25ClN4O5. The van der Waals surface area contributed by atoms with Gasteiger partial charge in [-0.15, -0.1) is 0 Å². The van der Waals surface area contributed by atoms with Crippen molar-refractivity contribution in [3.05, 3.63) is 59.4 Å². The molecule has 0 atom stereocenters. The number of urea groups is 1. The number of nitrogens with one attached hydrogen (secondary N) is 1. The second-order valence-electron chi connectivity index (χ2n) is 7.97. The lowest BCUT2D eigenvalue weighted by atomic mass is 10.2. The third-order valence-electron chi connectivity index (χ3n) is 5.21. The van der Waals surface area contributed by atoms with E-state index in [2.05, 4.69) is 15.5 Å². The molecule has 0 aliphatic rings. The van der Waals surface area contributed by atoms with Crippen LogP contribution in [-0.4, -0.2) is 36.4 Å². The number of methoxy groups -OCH3 is 2. The maximum Gasteiger partial charge on any atom is 0.327 e. The Morgan fingerprint density at radius 1 is 1.06 bits per heavy atom. The molecule has 10 heteroatoms. The molecule has 4 aromatic rings. The van der Waals surface area contributed by atoms with E-state index < -0.39 is 0 Å². The van der Waals surface area contributed by atoms with Crippen LogP contribution in [0, 0.1) is 6.92 Å². The number of aromatic nitrogens is 2. The zero-order valence-corrected chi connectivity index (χ0v) is 20.7. The Morgan fingerprint density at radius 2 is 1.80 bits per heavy atom. The topological polar surface area (TPSA) is 99.0 Å². The summed E-state index contributed by atoms with van der Waals surface area (Å²) in [5, 5.41) is 7.83. The van der Waals surface area contributed by atoms with Gasteiger partial charge in [-0.2, -0.15) is 0 Å². The summed E-state index contributed by atoms with van der Waals surface area (Å²) in [4.78, 5) is 18.8.